The van der Waals surface area contributed by atoms with E-state index >= 15 is 0 Å². The lowest BCUT2D eigenvalue weighted by molar-refractivity contribution is -0.0875. The summed E-state index contributed by atoms with van der Waals surface area (Å²) in [5, 5.41) is 50.7. The lowest BCUT2D eigenvalue weighted by Crippen LogP contribution is -2.49. The van der Waals surface area contributed by atoms with Gasteiger partial charge >= 0.3 is 0 Å². The SMILES string of the molecule is Nc1ncnc2c1ncn2[C@H]1C[C@H](O)[C@@H](CN[C@@H]2c3c(ccc4cc5ccccc5cc34)[C@H](O)[C@@H](O)[C@H]2O)O1. The van der Waals surface area contributed by atoms with Crippen LogP contribution in [0.5, 0.6) is 0 Å². The molecule has 3 heterocycles. The average Bonchev–Trinajstić information content (AvgIpc) is 3.54. The van der Waals surface area contributed by atoms with E-state index in [9.17, 15) is 20.4 Å². The minimum atomic E-state index is -1.38. The Labute approximate surface area is 222 Å². The number of rotatable bonds is 4. The molecule has 1 aliphatic carbocycles. The molecule has 0 spiro atoms. The first-order valence-corrected chi connectivity index (χ1v) is 12.9. The summed E-state index contributed by atoms with van der Waals surface area (Å²) in [6.07, 6.45) is -2.59. The van der Waals surface area contributed by atoms with Gasteiger partial charge in [-0.3, -0.25) is 4.57 Å². The fourth-order valence-electron chi connectivity index (χ4n) is 6.01. The molecule has 0 amide bonds. The molecule has 11 heteroatoms. The Morgan fingerprint density at radius 1 is 0.949 bits per heavy atom. The second kappa shape index (κ2) is 9.19. The normalized spacial score (nSPS) is 28.9. The standard InChI is InChI=1S/C28H28N6O5/c29-27-23-28(32-11-31-27)34(12-33-23)20-9-18(35)19(39-20)10-30-22-21-16(24(36)26(38)25(22)37)6-5-15-7-13-3-1-2-4-14(13)8-17(15)21/h1-8,11-12,18-20,22,24-26,30,35-38H,9-10H2,(H2,29,31,32)/t18-,19+,20+,22+,24-,25-,26+/m0/s1. The summed E-state index contributed by atoms with van der Waals surface area (Å²) in [7, 11) is 0. The zero-order valence-corrected chi connectivity index (χ0v) is 20.8. The van der Waals surface area contributed by atoms with Crippen LogP contribution < -0.4 is 11.1 Å². The van der Waals surface area contributed by atoms with Gasteiger partial charge in [0.2, 0.25) is 0 Å². The molecule has 1 saturated heterocycles. The lowest BCUT2D eigenvalue weighted by atomic mass is 9.78. The number of hydrogen-bond acceptors (Lipinski definition) is 10. The van der Waals surface area contributed by atoms with Gasteiger partial charge in [-0.2, -0.15) is 0 Å². The van der Waals surface area contributed by atoms with E-state index in [-0.39, 0.29) is 12.4 Å². The second-order valence-corrected chi connectivity index (χ2v) is 10.3. The maximum atomic E-state index is 11.1. The van der Waals surface area contributed by atoms with Crippen LogP contribution in [-0.2, 0) is 4.74 Å². The fraction of sp³-hybridized carbons (Fsp3) is 0.321. The first-order valence-electron chi connectivity index (χ1n) is 12.9. The van der Waals surface area contributed by atoms with Crippen LogP contribution in [0.1, 0.15) is 35.9 Å². The number of hydrogen-bond donors (Lipinski definition) is 6. The lowest BCUT2D eigenvalue weighted by Gasteiger charge is -2.39. The molecular weight excluding hydrogens is 500 g/mol. The van der Waals surface area contributed by atoms with Crippen LogP contribution in [0, 0.1) is 0 Å². The number of anilines is 1. The molecule has 7 atom stereocenters. The summed E-state index contributed by atoms with van der Waals surface area (Å²) in [4.78, 5) is 12.5. The van der Waals surface area contributed by atoms with Gasteiger partial charge in [-0.1, -0.05) is 36.4 Å². The van der Waals surface area contributed by atoms with E-state index in [0.29, 0.717) is 23.1 Å². The first-order chi connectivity index (χ1) is 18.9. The molecule has 1 fully saturated rings. The van der Waals surface area contributed by atoms with E-state index in [0.717, 1.165) is 27.1 Å². The Morgan fingerprint density at radius 3 is 2.56 bits per heavy atom. The van der Waals surface area contributed by atoms with Gasteiger partial charge in [0, 0.05) is 13.0 Å². The van der Waals surface area contributed by atoms with E-state index in [1.807, 2.05) is 36.4 Å². The predicted molar refractivity (Wildman–Crippen MR) is 143 cm³/mol. The molecule has 5 aromatic rings. The molecule has 0 unspecified atom stereocenters. The number of aliphatic hydroxyl groups is 4. The molecule has 39 heavy (non-hydrogen) atoms. The molecular formula is C28H28N6O5. The van der Waals surface area contributed by atoms with Crippen molar-refractivity contribution in [1.82, 2.24) is 24.8 Å². The third-order valence-electron chi connectivity index (χ3n) is 8.05. The molecule has 2 aromatic heterocycles. The minimum Gasteiger partial charge on any atom is -0.390 e. The zero-order valence-electron chi connectivity index (χ0n) is 20.8. The monoisotopic (exact) mass is 528 g/mol. The van der Waals surface area contributed by atoms with Gasteiger partial charge in [-0.15, -0.1) is 0 Å². The summed E-state index contributed by atoms with van der Waals surface area (Å²) in [6.45, 7) is 0.190. The Bertz CT molecular complexity index is 1710. The highest BCUT2D eigenvalue weighted by Crippen LogP contribution is 2.42. The van der Waals surface area contributed by atoms with Crippen LogP contribution in [0.3, 0.4) is 0 Å². The predicted octanol–water partition coefficient (Wildman–Crippen LogP) is 1.46. The maximum absolute atomic E-state index is 11.1. The van der Waals surface area contributed by atoms with E-state index in [4.69, 9.17) is 10.5 Å². The van der Waals surface area contributed by atoms with Crippen LogP contribution in [-0.4, -0.2) is 70.9 Å². The molecule has 0 saturated carbocycles. The van der Waals surface area contributed by atoms with Crippen molar-refractivity contribution in [2.45, 2.75) is 49.2 Å². The second-order valence-electron chi connectivity index (χ2n) is 10.3. The number of benzene rings is 3. The fourth-order valence-corrected chi connectivity index (χ4v) is 6.01. The Hall–Kier alpha value is -3.71. The quantitative estimate of drug-likeness (QED) is 0.188. The molecule has 0 radical (unpaired) electrons. The van der Waals surface area contributed by atoms with Crippen LogP contribution in [0.2, 0.25) is 0 Å². The molecule has 11 nitrogen and oxygen atoms in total. The van der Waals surface area contributed by atoms with Crippen molar-refractivity contribution in [3.8, 4) is 0 Å². The summed E-state index contributed by atoms with van der Waals surface area (Å²) in [5.74, 6) is 0.265. The van der Waals surface area contributed by atoms with E-state index in [1.165, 1.54) is 6.33 Å². The zero-order chi connectivity index (χ0) is 26.8. The van der Waals surface area contributed by atoms with Gasteiger partial charge in [-0.25, -0.2) is 15.0 Å². The average molecular weight is 529 g/mol. The number of aromatic nitrogens is 4. The van der Waals surface area contributed by atoms with E-state index in [2.05, 4.69) is 26.3 Å². The smallest absolute Gasteiger partial charge is 0.167 e. The van der Waals surface area contributed by atoms with Crippen LogP contribution >= 0.6 is 0 Å². The van der Waals surface area contributed by atoms with E-state index < -0.39 is 42.8 Å². The van der Waals surface area contributed by atoms with Crippen LogP contribution in [0.15, 0.2) is 61.2 Å². The number of imidazole rings is 1. The van der Waals surface area contributed by atoms with Gasteiger partial charge in [0.05, 0.1) is 24.6 Å². The molecule has 7 N–H and O–H groups in total. The Kier molecular flexibility index (Phi) is 5.74. The number of fused-ring (bicyclic) bond motifs is 5. The third-order valence-corrected chi connectivity index (χ3v) is 8.05. The highest BCUT2D eigenvalue weighted by atomic mass is 16.5. The van der Waals surface area contributed by atoms with Gasteiger partial charge in [0.25, 0.3) is 0 Å². The van der Waals surface area contributed by atoms with Crippen molar-refractivity contribution < 1.29 is 25.2 Å². The highest BCUT2D eigenvalue weighted by Gasteiger charge is 2.43. The van der Waals surface area contributed by atoms with Gasteiger partial charge in [-0.05, 0) is 44.8 Å². The van der Waals surface area contributed by atoms with Crippen molar-refractivity contribution in [2.24, 2.45) is 0 Å². The van der Waals surface area contributed by atoms with Crippen molar-refractivity contribution >= 4 is 38.5 Å². The van der Waals surface area contributed by atoms with Gasteiger partial charge in [0.15, 0.2) is 11.5 Å². The van der Waals surface area contributed by atoms with Crippen molar-refractivity contribution in [3.63, 3.8) is 0 Å². The van der Waals surface area contributed by atoms with Crippen LogP contribution in [0.25, 0.3) is 32.7 Å². The maximum Gasteiger partial charge on any atom is 0.167 e. The number of nitrogens with two attached hydrogens (primary N) is 1. The topological polar surface area (TPSA) is 172 Å². The van der Waals surface area contributed by atoms with Gasteiger partial charge in [0.1, 0.15) is 36.4 Å². The summed E-state index contributed by atoms with van der Waals surface area (Å²) < 4.78 is 7.91. The number of nitrogen functional groups attached to an aromatic ring is 1. The Morgan fingerprint density at radius 2 is 1.74 bits per heavy atom. The summed E-state index contributed by atoms with van der Waals surface area (Å²) in [6, 6.07) is 15.1. The molecule has 1 aliphatic heterocycles. The number of ether oxygens (including phenoxy) is 1. The molecule has 0 bridgehead atoms. The first kappa shape index (κ1) is 24.3. The van der Waals surface area contributed by atoms with E-state index in [1.54, 1.807) is 17.0 Å². The third kappa shape index (κ3) is 3.86. The number of nitrogens with one attached hydrogen (secondary N) is 1. The molecule has 3 aromatic carbocycles. The van der Waals surface area contributed by atoms with Crippen molar-refractivity contribution in [2.75, 3.05) is 12.3 Å². The largest absolute Gasteiger partial charge is 0.390 e. The number of aliphatic hydroxyl groups excluding tert-OH is 4. The van der Waals surface area contributed by atoms with Crippen molar-refractivity contribution in [3.05, 3.63) is 72.3 Å². The molecule has 2 aliphatic rings. The summed E-state index contributed by atoms with van der Waals surface area (Å²) >= 11 is 0. The molecule has 7 rings (SSSR count). The summed E-state index contributed by atoms with van der Waals surface area (Å²) in [5.41, 5.74) is 8.16. The van der Waals surface area contributed by atoms with Gasteiger partial charge < -0.3 is 36.2 Å². The Balaban J connectivity index is 1.20. The van der Waals surface area contributed by atoms with Crippen molar-refractivity contribution in [1.29, 1.82) is 0 Å². The minimum absolute atomic E-state index is 0.190. The number of nitrogens with zero attached hydrogens (tertiary/aromatic N) is 4. The van der Waals surface area contributed by atoms with Crippen LogP contribution in [0.4, 0.5) is 5.82 Å². The highest BCUT2D eigenvalue weighted by molar-refractivity contribution is 6.00. The molecule has 200 valence electrons.